The first-order valence-electron chi connectivity index (χ1n) is 7.91. The number of aliphatic hydroxyl groups excluding tert-OH is 1. The summed E-state index contributed by atoms with van der Waals surface area (Å²) in [6.07, 6.45) is 5.36. The highest BCUT2D eigenvalue weighted by Crippen LogP contribution is 2.42. The van der Waals surface area contributed by atoms with Crippen molar-refractivity contribution >= 4 is 5.91 Å². The molecule has 22 heavy (non-hydrogen) atoms. The Morgan fingerprint density at radius 1 is 1.55 bits per heavy atom. The van der Waals surface area contributed by atoms with Crippen molar-refractivity contribution in [2.45, 2.75) is 56.3 Å². The number of aliphatic hydroxyl groups is 1. The van der Waals surface area contributed by atoms with Gasteiger partial charge in [-0.15, -0.1) is 10.2 Å². The van der Waals surface area contributed by atoms with E-state index >= 15 is 0 Å². The van der Waals surface area contributed by atoms with Crippen molar-refractivity contribution in [3.05, 3.63) is 12.2 Å². The van der Waals surface area contributed by atoms with E-state index in [1.807, 2.05) is 16.5 Å². The quantitative estimate of drug-likeness (QED) is 0.864. The predicted octanol–water partition coefficient (Wildman–Crippen LogP) is 0.279. The Morgan fingerprint density at radius 2 is 2.36 bits per heavy atom. The van der Waals surface area contributed by atoms with Crippen LogP contribution in [0.2, 0.25) is 0 Å². The van der Waals surface area contributed by atoms with Gasteiger partial charge in [-0.25, -0.2) is 0 Å². The van der Waals surface area contributed by atoms with E-state index in [1.165, 1.54) is 0 Å². The van der Waals surface area contributed by atoms with Crippen molar-refractivity contribution in [2.24, 2.45) is 7.05 Å². The van der Waals surface area contributed by atoms with Gasteiger partial charge in [-0.3, -0.25) is 4.79 Å². The lowest BCUT2D eigenvalue weighted by Crippen LogP contribution is -2.52. The molecule has 0 radical (unpaired) electrons. The standard InChI is InChI=1S/C15H24N4O3/c1-18-10-16-17-13(18)3-4-14(21)19-8-7-15(22-2)6-5-11(20)9-12(15)19/h10-12,20H,3-9H2,1-2H3/t11-,12-,15+/m0/s1. The van der Waals surface area contributed by atoms with E-state index in [2.05, 4.69) is 10.2 Å². The summed E-state index contributed by atoms with van der Waals surface area (Å²) in [5.41, 5.74) is -0.264. The number of nitrogens with zero attached hydrogens (tertiary/aromatic N) is 4. The third-order valence-electron chi connectivity index (χ3n) is 5.25. The van der Waals surface area contributed by atoms with Crippen LogP contribution in [0.5, 0.6) is 0 Å². The van der Waals surface area contributed by atoms with Gasteiger partial charge in [0, 0.05) is 33.5 Å². The predicted molar refractivity (Wildman–Crippen MR) is 79.0 cm³/mol. The second-order valence-corrected chi connectivity index (χ2v) is 6.41. The molecule has 1 amide bonds. The molecule has 3 rings (SSSR count). The molecular formula is C15H24N4O3. The number of amides is 1. The first-order valence-corrected chi connectivity index (χ1v) is 7.91. The number of hydrogen-bond acceptors (Lipinski definition) is 5. The van der Waals surface area contributed by atoms with E-state index in [9.17, 15) is 9.90 Å². The van der Waals surface area contributed by atoms with Crippen molar-refractivity contribution in [1.82, 2.24) is 19.7 Å². The number of methoxy groups -OCH3 is 1. The highest BCUT2D eigenvalue weighted by Gasteiger charge is 2.52. The van der Waals surface area contributed by atoms with Crippen molar-refractivity contribution in [3.63, 3.8) is 0 Å². The fourth-order valence-corrected chi connectivity index (χ4v) is 3.87. The highest BCUT2D eigenvalue weighted by atomic mass is 16.5. The fraction of sp³-hybridized carbons (Fsp3) is 0.800. The van der Waals surface area contributed by atoms with Crippen LogP contribution < -0.4 is 0 Å². The lowest BCUT2D eigenvalue weighted by Gasteiger charge is -2.42. The highest BCUT2D eigenvalue weighted by molar-refractivity contribution is 5.77. The van der Waals surface area contributed by atoms with E-state index in [4.69, 9.17) is 4.74 Å². The van der Waals surface area contributed by atoms with Crippen LogP contribution in [0.3, 0.4) is 0 Å². The molecule has 7 heteroatoms. The van der Waals surface area contributed by atoms with Gasteiger partial charge >= 0.3 is 0 Å². The maximum absolute atomic E-state index is 12.6. The van der Waals surface area contributed by atoms with Crippen molar-refractivity contribution < 1.29 is 14.6 Å². The molecule has 0 aromatic carbocycles. The fourth-order valence-electron chi connectivity index (χ4n) is 3.87. The van der Waals surface area contributed by atoms with E-state index in [0.29, 0.717) is 25.8 Å². The topological polar surface area (TPSA) is 80.5 Å². The average molecular weight is 308 g/mol. The molecule has 1 aromatic heterocycles. The molecule has 0 spiro atoms. The number of aryl methyl sites for hydroxylation is 2. The Bertz CT molecular complexity index is 547. The smallest absolute Gasteiger partial charge is 0.223 e. The zero-order valence-corrected chi connectivity index (χ0v) is 13.2. The van der Waals surface area contributed by atoms with Crippen LogP contribution in [0, 0.1) is 0 Å². The molecule has 3 atom stereocenters. The van der Waals surface area contributed by atoms with E-state index in [1.54, 1.807) is 13.4 Å². The number of fused-ring (bicyclic) bond motifs is 1. The second-order valence-electron chi connectivity index (χ2n) is 6.41. The van der Waals surface area contributed by atoms with Crippen LogP contribution in [0.15, 0.2) is 6.33 Å². The van der Waals surface area contributed by atoms with Crippen molar-refractivity contribution in [3.8, 4) is 0 Å². The first-order chi connectivity index (χ1) is 10.6. The molecule has 122 valence electrons. The summed E-state index contributed by atoms with van der Waals surface area (Å²) in [4.78, 5) is 14.5. The Labute approximate surface area is 130 Å². The van der Waals surface area contributed by atoms with Gasteiger partial charge in [0.1, 0.15) is 12.2 Å². The number of carbonyl (C=O) groups excluding carboxylic acids is 1. The van der Waals surface area contributed by atoms with E-state index < -0.39 is 0 Å². The van der Waals surface area contributed by atoms with Crippen molar-refractivity contribution in [2.75, 3.05) is 13.7 Å². The number of carbonyl (C=O) groups is 1. The van der Waals surface area contributed by atoms with Crippen LogP contribution >= 0.6 is 0 Å². The molecule has 2 heterocycles. The third-order valence-corrected chi connectivity index (χ3v) is 5.25. The Balaban J connectivity index is 1.66. The van der Waals surface area contributed by atoms with Gasteiger partial charge in [0.15, 0.2) is 0 Å². The maximum atomic E-state index is 12.6. The number of ether oxygens (including phenoxy) is 1. The van der Waals surface area contributed by atoms with Crippen LogP contribution in [-0.4, -0.2) is 62.1 Å². The molecule has 2 fully saturated rings. The molecule has 7 nitrogen and oxygen atoms in total. The van der Waals surface area contributed by atoms with Gasteiger partial charge < -0.3 is 19.3 Å². The first kappa shape index (κ1) is 15.4. The number of rotatable bonds is 4. The van der Waals surface area contributed by atoms with E-state index in [-0.39, 0.29) is 23.7 Å². The van der Waals surface area contributed by atoms with Gasteiger partial charge in [-0.1, -0.05) is 0 Å². The van der Waals surface area contributed by atoms with Crippen LogP contribution in [0.4, 0.5) is 0 Å². The Morgan fingerprint density at radius 3 is 3.05 bits per heavy atom. The Kier molecular flexibility index (Phi) is 4.18. The van der Waals surface area contributed by atoms with Gasteiger partial charge in [0.2, 0.25) is 5.91 Å². The lowest BCUT2D eigenvalue weighted by atomic mass is 9.79. The molecule has 1 aliphatic heterocycles. The normalized spacial score (nSPS) is 31.3. The molecule has 1 saturated heterocycles. The summed E-state index contributed by atoms with van der Waals surface area (Å²) in [5, 5.41) is 17.8. The summed E-state index contributed by atoms with van der Waals surface area (Å²) < 4.78 is 7.60. The summed E-state index contributed by atoms with van der Waals surface area (Å²) in [6, 6.07) is -0.00625. The number of aromatic nitrogens is 3. The maximum Gasteiger partial charge on any atom is 0.223 e. The molecule has 1 N–H and O–H groups in total. The molecular weight excluding hydrogens is 284 g/mol. The average Bonchev–Trinajstić information content (AvgIpc) is 3.09. The van der Waals surface area contributed by atoms with E-state index in [0.717, 1.165) is 25.1 Å². The lowest BCUT2D eigenvalue weighted by molar-refractivity contribution is -0.139. The van der Waals surface area contributed by atoms with Crippen molar-refractivity contribution in [1.29, 1.82) is 0 Å². The third kappa shape index (κ3) is 2.63. The molecule has 1 saturated carbocycles. The largest absolute Gasteiger partial charge is 0.393 e. The minimum Gasteiger partial charge on any atom is -0.393 e. The number of likely N-dealkylation sites (tertiary alicyclic amines) is 1. The zero-order chi connectivity index (χ0) is 15.7. The van der Waals surface area contributed by atoms with Crippen LogP contribution in [0.1, 0.15) is 37.9 Å². The molecule has 2 aliphatic rings. The molecule has 0 bridgehead atoms. The second kappa shape index (κ2) is 5.96. The minimum atomic E-state index is -0.333. The SMILES string of the molecule is CO[C@@]12CC[C@H](O)C[C@@H]1N(C(=O)CCc1nncn1C)CC2. The monoisotopic (exact) mass is 308 g/mol. The van der Waals surface area contributed by atoms with Gasteiger partial charge in [-0.2, -0.15) is 0 Å². The number of hydrogen-bond donors (Lipinski definition) is 1. The molecule has 1 aromatic rings. The molecule has 1 aliphatic carbocycles. The zero-order valence-electron chi connectivity index (χ0n) is 13.2. The van der Waals surface area contributed by atoms with Gasteiger partial charge in [-0.05, 0) is 25.7 Å². The van der Waals surface area contributed by atoms with Crippen LogP contribution in [-0.2, 0) is 23.0 Å². The summed E-state index contributed by atoms with van der Waals surface area (Å²) in [7, 11) is 3.60. The Hall–Kier alpha value is -1.47. The molecule has 0 unspecified atom stereocenters. The van der Waals surface area contributed by atoms with Gasteiger partial charge in [0.25, 0.3) is 0 Å². The summed E-state index contributed by atoms with van der Waals surface area (Å²) >= 11 is 0. The van der Waals surface area contributed by atoms with Crippen LogP contribution in [0.25, 0.3) is 0 Å². The summed E-state index contributed by atoms with van der Waals surface area (Å²) in [5.74, 6) is 0.926. The summed E-state index contributed by atoms with van der Waals surface area (Å²) in [6.45, 7) is 0.711. The van der Waals surface area contributed by atoms with Gasteiger partial charge in [0.05, 0.1) is 17.7 Å². The minimum absolute atomic E-state index is 0.00625.